The van der Waals surface area contributed by atoms with E-state index in [0.29, 0.717) is 12.6 Å². The van der Waals surface area contributed by atoms with Gasteiger partial charge in [0.25, 0.3) is 0 Å². The molecular weight excluding hydrogens is 314 g/mol. The van der Waals surface area contributed by atoms with Crippen molar-refractivity contribution in [3.8, 4) is 0 Å². The molecule has 1 aliphatic carbocycles. The zero-order valence-electron chi connectivity index (χ0n) is 17.2. The number of amides is 1. The molecular formula is C19H39N5O. The second kappa shape index (κ2) is 10.6. The summed E-state index contributed by atoms with van der Waals surface area (Å²) in [4.78, 5) is 21.5. The van der Waals surface area contributed by atoms with Crippen LogP contribution in [0.5, 0.6) is 0 Å². The van der Waals surface area contributed by atoms with Crippen LogP contribution in [0.4, 0.5) is 0 Å². The minimum atomic E-state index is -0.306. The van der Waals surface area contributed by atoms with Crippen LogP contribution in [0.1, 0.15) is 52.9 Å². The molecule has 6 heteroatoms. The second-order valence-corrected chi connectivity index (χ2v) is 7.55. The maximum atomic E-state index is 12.7. The predicted molar refractivity (Wildman–Crippen MR) is 106 cm³/mol. The molecule has 1 amide bonds. The van der Waals surface area contributed by atoms with Crippen LogP contribution in [-0.4, -0.2) is 75.0 Å². The van der Waals surface area contributed by atoms with Gasteiger partial charge in [-0.05, 0) is 40.2 Å². The number of likely N-dealkylation sites (N-methyl/N-ethyl adjacent to an activating group) is 1. The highest BCUT2D eigenvalue weighted by Crippen LogP contribution is 2.39. The van der Waals surface area contributed by atoms with Crippen molar-refractivity contribution in [1.29, 1.82) is 0 Å². The SMILES string of the molecule is CCNC(=NCC1(C(=O)N(C)C)CCCC1)NCCN(C)C(C)CC. The number of guanidine groups is 1. The number of carbonyl (C=O) groups is 1. The summed E-state index contributed by atoms with van der Waals surface area (Å²) >= 11 is 0. The first kappa shape index (κ1) is 21.7. The van der Waals surface area contributed by atoms with E-state index in [-0.39, 0.29) is 11.3 Å². The van der Waals surface area contributed by atoms with Crippen LogP contribution in [0.2, 0.25) is 0 Å². The number of rotatable bonds is 9. The molecule has 0 aliphatic heterocycles. The minimum Gasteiger partial charge on any atom is -0.357 e. The van der Waals surface area contributed by atoms with Crippen molar-refractivity contribution in [2.45, 2.75) is 58.9 Å². The monoisotopic (exact) mass is 353 g/mol. The molecule has 1 atom stereocenters. The molecule has 0 aromatic rings. The summed E-state index contributed by atoms with van der Waals surface area (Å²) in [5.74, 6) is 1.04. The molecule has 0 aromatic heterocycles. The van der Waals surface area contributed by atoms with E-state index in [1.54, 1.807) is 4.90 Å². The van der Waals surface area contributed by atoms with Crippen molar-refractivity contribution in [3.05, 3.63) is 0 Å². The summed E-state index contributed by atoms with van der Waals surface area (Å²) in [7, 11) is 5.85. The van der Waals surface area contributed by atoms with E-state index in [1.807, 2.05) is 14.1 Å². The summed E-state index contributed by atoms with van der Waals surface area (Å²) in [6.45, 7) is 9.74. The van der Waals surface area contributed by atoms with E-state index < -0.39 is 0 Å². The normalized spacial score (nSPS) is 18.3. The molecule has 0 aromatic carbocycles. The first-order valence-electron chi connectivity index (χ1n) is 9.80. The zero-order valence-corrected chi connectivity index (χ0v) is 17.2. The topological polar surface area (TPSA) is 60.0 Å². The lowest BCUT2D eigenvalue weighted by molar-refractivity contribution is -0.138. The smallest absolute Gasteiger partial charge is 0.230 e. The fourth-order valence-corrected chi connectivity index (χ4v) is 3.42. The lowest BCUT2D eigenvalue weighted by atomic mass is 9.85. The maximum absolute atomic E-state index is 12.7. The predicted octanol–water partition coefficient (Wildman–Crippen LogP) is 1.92. The van der Waals surface area contributed by atoms with Gasteiger partial charge in [0, 0.05) is 39.8 Å². The average molecular weight is 354 g/mol. The molecule has 146 valence electrons. The Kier molecular flexibility index (Phi) is 9.25. The molecule has 0 radical (unpaired) electrons. The zero-order chi connectivity index (χ0) is 18.9. The Labute approximate surface area is 154 Å². The van der Waals surface area contributed by atoms with Crippen LogP contribution in [0.15, 0.2) is 4.99 Å². The Bertz CT molecular complexity index is 430. The summed E-state index contributed by atoms with van der Waals surface area (Å²) in [5.41, 5.74) is -0.306. The highest BCUT2D eigenvalue weighted by atomic mass is 16.2. The van der Waals surface area contributed by atoms with Crippen LogP contribution in [0.3, 0.4) is 0 Å². The van der Waals surface area contributed by atoms with Gasteiger partial charge in [-0.15, -0.1) is 0 Å². The number of aliphatic imine (C=N–C) groups is 1. The third kappa shape index (κ3) is 6.49. The highest BCUT2D eigenvalue weighted by molar-refractivity contribution is 5.84. The third-order valence-corrected chi connectivity index (χ3v) is 5.40. The number of nitrogens with one attached hydrogen (secondary N) is 2. The van der Waals surface area contributed by atoms with Crippen molar-refractivity contribution < 1.29 is 4.79 Å². The molecule has 0 bridgehead atoms. The summed E-state index contributed by atoms with van der Waals surface area (Å²) in [6.07, 6.45) is 5.30. The van der Waals surface area contributed by atoms with Crippen LogP contribution >= 0.6 is 0 Å². The van der Waals surface area contributed by atoms with Gasteiger partial charge in [0.1, 0.15) is 0 Å². The maximum Gasteiger partial charge on any atom is 0.230 e. The van der Waals surface area contributed by atoms with Gasteiger partial charge in [-0.1, -0.05) is 19.8 Å². The van der Waals surface area contributed by atoms with Gasteiger partial charge < -0.3 is 20.4 Å². The quantitative estimate of drug-likeness (QED) is 0.491. The Hall–Kier alpha value is -1.30. The highest BCUT2D eigenvalue weighted by Gasteiger charge is 2.42. The molecule has 25 heavy (non-hydrogen) atoms. The van der Waals surface area contributed by atoms with E-state index in [1.165, 1.54) is 0 Å². The van der Waals surface area contributed by atoms with Gasteiger partial charge in [-0.25, -0.2) is 0 Å². The van der Waals surface area contributed by atoms with Gasteiger partial charge in [0.05, 0.1) is 12.0 Å². The molecule has 0 heterocycles. The van der Waals surface area contributed by atoms with Crippen molar-refractivity contribution >= 4 is 11.9 Å². The van der Waals surface area contributed by atoms with E-state index in [4.69, 9.17) is 4.99 Å². The van der Waals surface area contributed by atoms with E-state index in [9.17, 15) is 4.79 Å². The minimum absolute atomic E-state index is 0.223. The molecule has 1 fully saturated rings. The lowest BCUT2D eigenvalue weighted by Crippen LogP contribution is -2.44. The van der Waals surface area contributed by atoms with Crippen molar-refractivity contribution in [2.24, 2.45) is 10.4 Å². The number of carbonyl (C=O) groups excluding carboxylic acids is 1. The van der Waals surface area contributed by atoms with Crippen molar-refractivity contribution in [1.82, 2.24) is 20.4 Å². The van der Waals surface area contributed by atoms with E-state index >= 15 is 0 Å². The first-order valence-corrected chi connectivity index (χ1v) is 9.80. The van der Waals surface area contributed by atoms with Gasteiger partial charge in [-0.2, -0.15) is 0 Å². The van der Waals surface area contributed by atoms with Crippen LogP contribution in [0.25, 0.3) is 0 Å². The molecule has 1 saturated carbocycles. The van der Waals surface area contributed by atoms with Crippen molar-refractivity contribution in [2.75, 3.05) is 47.3 Å². The van der Waals surface area contributed by atoms with Crippen LogP contribution in [0, 0.1) is 5.41 Å². The van der Waals surface area contributed by atoms with Gasteiger partial charge in [0.2, 0.25) is 5.91 Å². The number of hydrogen-bond donors (Lipinski definition) is 2. The lowest BCUT2D eigenvalue weighted by Gasteiger charge is -2.29. The van der Waals surface area contributed by atoms with Crippen LogP contribution in [-0.2, 0) is 4.79 Å². The Morgan fingerprint density at radius 1 is 1.16 bits per heavy atom. The fourth-order valence-electron chi connectivity index (χ4n) is 3.42. The molecule has 0 saturated heterocycles. The molecule has 1 aliphatic rings. The van der Waals surface area contributed by atoms with E-state index in [2.05, 4.69) is 43.4 Å². The van der Waals surface area contributed by atoms with Crippen molar-refractivity contribution in [3.63, 3.8) is 0 Å². The molecule has 0 spiro atoms. The Morgan fingerprint density at radius 3 is 2.32 bits per heavy atom. The van der Waals surface area contributed by atoms with Crippen LogP contribution < -0.4 is 10.6 Å². The van der Waals surface area contributed by atoms with E-state index in [0.717, 1.165) is 57.7 Å². The second-order valence-electron chi connectivity index (χ2n) is 7.55. The van der Waals surface area contributed by atoms with Gasteiger partial charge in [-0.3, -0.25) is 9.79 Å². The Balaban J connectivity index is 2.65. The summed E-state index contributed by atoms with van der Waals surface area (Å²) in [5, 5.41) is 6.72. The largest absolute Gasteiger partial charge is 0.357 e. The first-order chi connectivity index (χ1) is 11.9. The third-order valence-electron chi connectivity index (χ3n) is 5.40. The molecule has 1 unspecified atom stereocenters. The number of hydrogen-bond acceptors (Lipinski definition) is 3. The summed E-state index contributed by atoms with van der Waals surface area (Å²) in [6, 6.07) is 0.584. The molecule has 1 rings (SSSR count). The summed E-state index contributed by atoms with van der Waals surface area (Å²) < 4.78 is 0. The van der Waals surface area contributed by atoms with Gasteiger partial charge >= 0.3 is 0 Å². The van der Waals surface area contributed by atoms with Gasteiger partial charge in [0.15, 0.2) is 5.96 Å². The molecule has 6 nitrogen and oxygen atoms in total. The fraction of sp³-hybridized carbons (Fsp3) is 0.895. The standard InChI is InChI=1S/C19H39N5O/c1-7-16(3)24(6)14-13-21-18(20-8-2)22-15-19(11-9-10-12-19)17(25)23(4)5/h16H,7-15H2,1-6H3,(H2,20,21,22). The Morgan fingerprint density at radius 2 is 1.80 bits per heavy atom. The number of nitrogens with zero attached hydrogens (tertiary/aromatic N) is 3. The average Bonchev–Trinajstić information content (AvgIpc) is 3.08. The molecule has 2 N–H and O–H groups in total.